The quantitative estimate of drug-likeness (QED) is 0.245. The molecule has 0 saturated heterocycles. The van der Waals surface area contributed by atoms with Crippen LogP contribution in [-0.2, 0) is 19.1 Å². The first-order chi connectivity index (χ1) is 11.6. The molecule has 0 amide bonds. The van der Waals surface area contributed by atoms with Gasteiger partial charge in [0.2, 0.25) is 0 Å². The number of carbonyl (C=O) groups excluding carboxylic acids is 2. The summed E-state index contributed by atoms with van der Waals surface area (Å²) < 4.78 is 10.1. The molecule has 0 heterocycles. The average molecular weight is 338 g/mol. The molecule has 0 spiro atoms. The highest BCUT2D eigenvalue weighted by Gasteiger charge is 2.09. The van der Waals surface area contributed by atoms with E-state index >= 15 is 0 Å². The fourth-order valence-corrected chi connectivity index (χ4v) is 2.34. The van der Waals surface area contributed by atoms with Crippen molar-refractivity contribution < 1.29 is 19.1 Å². The van der Waals surface area contributed by atoms with Crippen LogP contribution in [0, 0.1) is 12.3 Å². The molecule has 1 atom stereocenters. The Labute approximate surface area is 147 Å². The summed E-state index contributed by atoms with van der Waals surface area (Å²) in [5.41, 5.74) is 0. The van der Waals surface area contributed by atoms with Crippen molar-refractivity contribution >= 4 is 11.9 Å². The zero-order valence-corrected chi connectivity index (χ0v) is 15.5. The monoisotopic (exact) mass is 338 g/mol. The smallest absolute Gasteiger partial charge is 0.307 e. The molecule has 0 aliphatic carbocycles. The molecule has 0 rings (SSSR count). The lowest BCUT2D eigenvalue weighted by Crippen LogP contribution is -2.13. The number of terminal acetylenes is 1. The fourth-order valence-electron chi connectivity index (χ4n) is 2.34. The van der Waals surface area contributed by atoms with Gasteiger partial charge in [-0.3, -0.25) is 9.59 Å². The van der Waals surface area contributed by atoms with Gasteiger partial charge in [-0.25, -0.2) is 0 Å². The summed E-state index contributed by atoms with van der Waals surface area (Å²) in [5, 5.41) is 0. The lowest BCUT2D eigenvalue weighted by atomic mass is 10.1. The fraction of sp³-hybridized carbons (Fsp3) is 0.800. The topological polar surface area (TPSA) is 52.6 Å². The van der Waals surface area contributed by atoms with Gasteiger partial charge in [-0.1, -0.05) is 64.2 Å². The minimum absolute atomic E-state index is 0.194. The molecule has 0 aromatic heterocycles. The molecule has 4 heteroatoms. The molecule has 0 aromatic carbocycles. The summed E-state index contributed by atoms with van der Waals surface area (Å²) in [6, 6.07) is 0. The predicted octanol–water partition coefficient (Wildman–Crippen LogP) is 4.80. The van der Waals surface area contributed by atoms with Gasteiger partial charge in [0.05, 0.1) is 6.61 Å². The van der Waals surface area contributed by atoms with Crippen LogP contribution < -0.4 is 0 Å². The number of rotatable bonds is 15. The Morgan fingerprint density at radius 2 is 1.42 bits per heavy atom. The van der Waals surface area contributed by atoms with Gasteiger partial charge in [0.25, 0.3) is 0 Å². The molecule has 0 aromatic rings. The molecule has 0 aliphatic rings. The van der Waals surface area contributed by atoms with E-state index in [9.17, 15) is 9.59 Å². The van der Waals surface area contributed by atoms with Crippen molar-refractivity contribution in [3.05, 3.63) is 0 Å². The van der Waals surface area contributed by atoms with E-state index in [0.29, 0.717) is 13.0 Å². The molecule has 1 unspecified atom stereocenters. The Morgan fingerprint density at radius 1 is 0.875 bits per heavy atom. The summed E-state index contributed by atoms with van der Waals surface area (Å²) >= 11 is 0. The number of carbonyl (C=O) groups is 2. The molecule has 0 bridgehead atoms. The molecule has 0 aliphatic heterocycles. The molecule has 24 heavy (non-hydrogen) atoms. The summed E-state index contributed by atoms with van der Waals surface area (Å²) in [6.07, 6.45) is 16.6. The molecule has 0 N–H and O–H groups in total. The number of unbranched alkanes of at least 4 members (excludes halogenated alkanes) is 8. The lowest BCUT2D eigenvalue weighted by Gasteiger charge is -2.07. The van der Waals surface area contributed by atoms with E-state index in [0.717, 1.165) is 12.8 Å². The van der Waals surface area contributed by atoms with Gasteiger partial charge in [-0.15, -0.1) is 6.42 Å². The Kier molecular flexibility index (Phi) is 15.3. The van der Waals surface area contributed by atoms with Gasteiger partial charge in [-0.2, -0.15) is 0 Å². The van der Waals surface area contributed by atoms with E-state index in [4.69, 9.17) is 15.9 Å². The molecule has 0 saturated carbocycles. The highest BCUT2D eigenvalue weighted by Crippen LogP contribution is 2.10. The van der Waals surface area contributed by atoms with Gasteiger partial charge >= 0.3 is 11.9 Å². The molecule has 0 radical (unpaired) electrons. The van der Waals surface area contributed by atoms with Crippen LogP contribution in [0.25, 0.3) is 0 Å². The van der Waals surface area contributed by atoms with Gasteiger partial charge in [0.15, 0.2) is 6.10 Å². The Bertz CT molecular complexity index is 370. The minimum Gasteiger partial charge on any atom is -0.466 e. The Balaban J connectivity index is 3.35. The number of ether oxygens (including phenoxy) is 2. The van der Waals surface area contributed by atoms with Crippen molar-refractivity contribution in [2.24, 2.45) is 0 Å². The summed E-state index contributed by atoms with van der Waals surface area (Å²) in [7, 11) is 0. The molecule has 138 valence electrons. The first-order valence-corrected chi connectivity index (χ1v) is 9.41. The maximum Gasteiger partial charge on any atom is 0.307 e. The first kappa shape index (κ1) is 22.5. The van der Waals surface area contributed by atoms with E-state index < -0.39 is 6.10 Å². The first-order valence-electron chi connectivity index (χ1n) is 9.41. The summed E-state index contributed by atoms with van der Waals surface area (Å²) in [6.45, 7) is 4.34. The van der Waals surface area contributed by atoms with Crippen LogP contribution in [0.5, 0.6) is 0 Å². The van der Waals surface area contributed by atoms with Gasteiger partial charge in [0, 0.05) is 12.8 Å². The normalized spacial score (nSPS) is 11.5. The van der Waals surface area contributed by atoms with Crippen molar-refractivity contribution in [2.75, 3.05) is 6.61 Å². The third kappa shape index (κ3) is 15.4. The van der Waals surface area contributed by atoms with Crippen molar-refractivity contribution in [3.63, 3.8) is 0 Å². The van der Waals surface area contributed by atoms with Gasteiger partial charge < -0.3 is 9.47 Å². The van der Waals surface area contributed by atoms with Crippen LogP contribution in [0.15, 0.2) is 0 Å². The van der Waals surface area contributed by atoms with Crippen molar-refractivity contribution in [2.45, 2.75) is 97.0 Å². The summed E-state index contributed by atoms with van der Waals surface area (Å²) in [4.78, 5) is 22.9. The number of hydrogen-bond donors (Lipinski definition) is 0. The minimum atomic E-state index is -0.518. The molecule has 0 fully saturated rings. The highest BCUT2D eigenvalue weighted by molar-refractivity contribution is 5.72. The second-order valence-electron chi connectivity index (χ2n) is 6.20. The van der Waals surface area contributed by atoms with Crippen LogP contribution in [0.1, 0.15) is 90.9 Å². The van der Waals surface area contributed by atoms with Gasteiger partial charge in [0.1, 0.15) is 0 Å². The maximum absolute atomic E-state index is 11.5. The zero-order valence-electron chi connectivity index (χ0n) is 15.5. The van der Waals surface area contributed by atoms with Crippen molar-refractivity contribution in [3.8, 4) is 12.3 Å². The third-order valence-electron chi connectivity index (χ3n) is 3.82. The van der Waals surface area contributed by atoms with Gasteiger partial charge in [-0.05, 0) is 19.8 Å². The van der Waals surface area contributed by atoms with Crippen molar-refractivity contribution in [1.82, 2.24) is 0 Å². The predicted molar refractivity (Wildman–Crippen MR) is 96.4 cm³/mol. The Hall–Kier alpha value is -1.50. The van der Waals surface area contributed by atoms with E-state index in [2.05, 4.69) is 12.8 Å². The second-order valence-corrected chi connectivity index (χ2v) is 6.20. The van der Waals surface area contributed by atoms with E-state index in [1.165, 1.54) is 44.9 Å². The standard InChI is InChI=1S/C20H34O4/c1-4-6-7-8-9-10-11-12-13-17-23-19(21)15-14-16-20(22)24-18(3)5-2/h2,18H,4,6-17H2,1,3H3. The number of hydrogen-bond acceptors (Lipinski definition) is 4. The van der Waals surface area contributed by atoms with Crippen LogP contribution in [0.3, 0.4) is 0 Å². The Morgan fingerprint density at radius 3 is 2.00 bits per heavy atom. The lowest BCUT2D eigenvalue weighted by molar-refractivity contribution is -0.146. The molecular formula is C20H34O4. The van der Waals surface area contributed by atoms with Crippen LogP contribution in [0.4, 0.5) is 0 Å². The van der Waals surface area contributed by atoms with Crippen LogP contribution in [0.2, 0.25) is 0 Å². The van der Waals surface area contributed by atoms with Crippen LogP contribution >= 0.6 is 0 Å². The van der Waals surface area contributed by atoms with E-state index in [1.807, 2.05) is 0 Å². The average Bonchev–Trinajstić information content (AvgIpc) is 2.56. The highest BCUT2D eigenvalue weighted by atomic mass is 16.5. The van der Waals surface area contributed by atoms with E-state index in [-0.39, 0.29) is 24.8 Å². The zero-order chi connectivity index (χ0) is 18.0. The maximum atomic E-state index is 11.5. The van der Waals surface area contributed by atoms with Crippen LogP contribution in [-0.4, -0.2) is 24.6 Å². The third-order valence-corrected chi connectivity index (χ3v) is 3.82. The van der Waals surface area contributed by atoms with Crippen molar-refractivity contribution in [1.29, 1.82) is 0 Å². The largest absolute Gasteiger partial charge is 0.466 e. The number of esters is 2. The van der Waals surface area contributed by atoms with E-state index in [1.54, 1.807) is 6.92 Å². The molecule has 4 nitrogen and oxygen atoms in total. The molecular weight excluding hydrogens is 304 g/mol. The second kappa shape index (κ2) is 16.4. The summed E-state index contributed by atoms with van der Waals surface area (Å²) in [5.74, 6) is 1.71. The SMILES string of the molecule is C#CC(C)OC(=O)CCCC(=O)OCCCCCCCCCCC.